The highest BCUT2D eigenvalue weighted by Gasteiger charge is 2.40. The summed E-state index contributed by atoms with van der Waals surface area (Å²) in [7, 11) is -0.921. The van der Waals surface area contributed by atoms with Crippen LogP contribution in [0.2, 0.25) is 13.1 Å². The molecule has 7 nitrogen and oxygen atoms in total. The third-order valence-corrected chi connectivity index (χ3v) is 24.5. The Morgan fingerprint density at radius 3 is 1.04 bits per heavy atom. The van der Waals surface area contributed by atoms with Crippen LogP contribution in [-0.4, -0.2) is 46.0 Å². The first-order valence-corrected chi connectivity index (χ1v) is 37.1. The molecular formula is C84H106N2O5Si. The zero-order chi connectivity index (χ0) is 67.2. The number of aryl methyl sites for hydroxylation is 1. The molecule has 0 bridgehead atoms. The van der Waals surface area contributed by atoms with Gasteiger partial charge < -0.3 is 33.6 Å². The summed E-state index contributed by atoms with van der Waals surface area (Å²) in [6.45, 7) is 52.4. The minimum Gasteiger partial charge on any atom is -0.505 e. The first kappa shape index (κ1) is 67.5. The van der Waals surface area contributed by atoms with Crippen molar-refractivity contribution in [1.82, 2.24) is 9.13 Å². The minimum atomic E-state index is -2.61. The Hall–Kier alpha value is -7.42. The molecule has 2 atom stereocenters. The van der Waals surface area contributed by atoms with Gasteiger partial charge in [0.1, 0.15) is 36.8 Å². The van der Waals surface area contributed by atoms with Gasteiger partial charge in [0.05, 0.1) is 52.0 Å². The summed E-state index contributed by atoms with van der Waals surface area (Å²) in [6, 6.07) is 48.7. The number of methoxy groups -OCH3 is 1. The Kier molecular flexibility index (Phi) is 18.2. The van der Waals surface area contributed by atoms with Gasteiger partial charge in [-0.3, -0.25) is 0 Å². The van der Waals surface area contributed by atoms with Crippen molar-refractivity contribution in [3.05, 3.63) is 172 Å². The quantitative estimate of drug-likeness (QED) is 0.0789. The summed E-state index contributed by atoms with van der Waals surface area (Å²) in [5.41, 5.74) is 16.1. The monoisotopic (exact) mass is 1250 g/mol. The van der Waals surface area contributed by atoms with Crippen LogP contribution in [0.5, 0.6) is 28.7 Å². The number of hydrogen-bond donors (Lipinski definition) is 2. The van der Waals surface area contributed by atoms with E-state index < -0.39 is 8.07 Å². The molecule has 10 rings (SSSR count). The molecule has 0 radical (unpaired) electrons. The molecule has 8 aromatic carbocycles. The molecule has 0 aliphatic heterocycles. The van der Waals surface area contributed by atoms with Crippen LogP contribution in [0.25, 0.3) is 77.2 Å². The van der Waals surface area contributed by atoms with Crippen LogP contribution in [0.15, 0.2) is 133 Å². The standard InChI is InChI=1S/C84H106N2O5Si/c1-49(2)56-26-31-71-63(38-56)64-39-57(50(3)4)27-32-72(64)85(71)75-44-60(83(18,19)47-81(12,13)14)42-69(79(75)87)67-37-53(9)25-35-77(67)90-54(10)92(23,24)55(11)91-78-36-30-62(89-22)46-68(78)70-43-61(84(20,21)48-82(15,16)17)45-76(80(70)88)86-73-33-28-58(51(5)6)40-65(73)66-41-59(52(7)8)29-34-74(66)86/h25-46,49-52,54-55,87-88H,47-48H2,1-24H3/t54-,55-/m0/s1. The molecule has 92 heavy (non-hydrogen) atoms. The van der Waals surface area contributed by atoms with Gasteiger partial charge in [-0.05, 0) is 215 Å². The second-order valence-electron chi connectivity index (χ2n) is 32.6. The SMILES string of the molecule is COc1ccc(O[C@H](C)[Si](C)(C)[C@@H](C)Oc2ccc(C)cc2-c2cc(C(C)(C)CC(C)(C)C)cc(-n3c4ccc(C(C)C)cc4c4cc(C(C)C)ccc43)c2O)c(-c2cc(C(C)(C)CC(C)(C)C)cc(-n3c4ccc(C(C)C)cc4c4cc(C(C)C)ccc43)c2O)c1. The van der Waals surface area contributed by atoms with Crippen LogP contribution >= 0.6 is 0 Å². The largest absolute Gasteiger partial charge is 0.505 e. The molecule has 0 saturated carbocycles. The molecule has 0 amide bonds. The predicted molar refractivity (Wildman–Crippen MR) is 395 cm³/mol. The van der Waals surface area contributed by atoms with Crippen molar-refractivity contribution >= 4 is 51.7 Å². The van der Waals surface area contributed by atoms with E-state index in [1.54, 1.807) is 7.11 Å². The third kappa shape index (κ3) is 13.1. The molecule has 10 aromatic rings. The molecule has 2 aromatic heterocycles. The molecule has 2 heterocycles. The maximum absolute atomic E-state index is 13.3. The average Bonchev–Trinajstić information content (AvgIpc) is 1.55. The number of hydrogen-bond acceptors (Lipinski definition) is 5. The fourth-order valence-corrected chi connectivity index (χ4v) is 16.1. The van der Waals surface area contributed by atoms with E-state index in [4.69, 9.17) is 14.2 Å². The van der Waals surface area contributed by atoms with Crippen molar-refractivity contribution in [1.29, 1.82) is 0 Å². The number of fused-ring (bicyclic) bond motifs is 6. The van der Waals surface area contributed by atoms with E-state index in [0.29, 0.717) is 46.5 Å². The number of rotatable bonds is 19. The maximum Gasteiger partial charge on any atom is 0.147 e. The lowest BCUT2D eigenvalue weighted by atomic mass is 9.71. The van der Waals surface area contributed by atoms with Crippen LogP contribution in [-0.2, 0) is 10.8 Å². The molecule has 0 fully saturated rings. The maximum atomic E-state index is 13.3. The fourth-order valence-electron chi connectivity index (χ4n) is 14.6. The zero-order valence-electron chi connectivity index (χ0n) is 60.1. The van der Waals surface area contributed by atoms with Gasteiger partial charge in [0, 0.05) is 43.8 Å². The summed E-state index contributed by atoms with van der Waals surface area (Å²) in [6.07, 6.45) is 1.84. The van der Waals surface area contributed by atoms with Crippen LogP contribution in [0.1, 0.15) is 214 Å². The molecule has 486 valence electrons. The van der Waals surface area contributed by atoms with E-state index in [2.05, 4.69) is 283 Å². The third-order valence-electron chi connectivity index (χ3n) is 20.1. The summed E-state index contributed by atoms with van der Waals surface area (Å²) in [5, 5.41) is 31.3. The highest BCUT2D eigenvalue weighted by Crippen LogP contribution is 2.51. The van der Waals surface area contributed by atoms with Crippen LogP contribution in [0, 0.1) is 17.8 Å². The van der Waals surface area contributed by atoms with Gasteiger partial charge >= 0.3 is 0 Å². The Bertz CT molecular complexity index is 4290. The summed E-state index contributed by atoms with van der Waals surface area (Å²) in [5.74, 6) is 3.81. The molecule has 0 aliphatic carbocycles. The Labute approximate surface area is 552 Å². The molecule has 0 saturated heterocycles. The summed E-state index contributed by atoms with van der Waals surface area (Å²) in [4.78, 5) is 0. The van der Waals surface area contributed by atoms with Gasteiger partial charge in [0.2, 0.25) is 0 Å². The fraction of sp³-hybridized carbons (Fsp3) is 0.429. The predicted octanol–water partition coefficient (Wildman–Crippen LogP) is 23.9. The molecule has 8 heteroatoms. The summed E-state index contributed by atoms with van der Waals surface area (Å²) < 4.78 is 25.4. The van der Waals surface area contributed by atoms with Gasteiger partial charge in [0.15, 0.2) is 0 Å². The molecular weight excluding hydrogens is 1150 g/mol. The van der Waals surface area contributed by atoms with Crippen LogP contribution < -0.4 is 14.2 Å². The number of nitrogens with zero attached hydrogens (tertiary/aromatic N) is 2. The molecule has 0 unspecified atom stereocenters. The first-order chi connectivity index (χ1) is 42.9. The average molecular weight is 1250 g/mol. The van der Waals surface area contributed by atoms with E-state index in [-0.39, 0.29) is 44.6 Å². The van der Waals surface area contributed by atoms with Crippen LogP contribution in [0.3, 0.4) is 0 Å². The lowest BCUT2D eigenvalue weighted by Crippen LogP contribution is -2.54. The lowest BCUT2D eigenvalue weighted by Gasteiger charge is -2.36. The van der Waals surface area contributed by atoms with Crippen molar-refractivity contribution in [3.63, 3.8) is 0 Å². The van der Waals surface area contributed by atoms with E-state index in [1.807, 2.05) is 18.2 Å². The number of benzene rings is 8. The molecule has 0 aliphatic rings. The number of ether oxygens (including phenoxy) is 3. The van der Waals surface area contributed by atoms with Gasteiger partial charge in [-0.1, -0.05) is 174 Å². The van der Waals surface area contributed by atoms with E-state index in [9.17, 15) is 10.2 Å². The van der Waals surface area contributed by atoms with E-state index >= 15 is 0 Å². The van der Waals surface area contributed by atoms with Crippen molar-refractivity contribution in [2.75, 3.05) is 7.11 Å². The highest BCUT2D eigenvalue weighted by atomic mass is 28.3. The van der Waals surface area contributed by atoms with Crippen molar-refractivity contribution in [2.45, 2.75) is 217 Å². The topological polar surface area (TPSA) is 78.0 Å². The molecule has 0 spiro atoms. The summed E-state index contributed by atoms with van der Waals surface area (Å²) >= 11 is 0. The zero-order valence-corrected chi connectivity index (χ0v) is 61.1. The smallest absolute Gasteiger partial charge is 0.147 e. The van der Waals surface area contributed by atoms with Gasteiger partial charge in [-0.2, -0.15) is 0 Å². The Morgan fingerprint density at radius 2 is 0.728 bits per heavy atom. The first-order valence-electron chi connectivity index (χ1n) is 33.9. The second kappa shape index (κ2) is 24.8. The Morgan fingerprint density at radius 1 is 0.402 bits per heavy atom. The van der Waals surface area contributed by atoms with Crippen molar-refractivity contribution in [3.8, 4) is 62.4 Å². The van der Waals surface area contributed by atoms with E-state index in [1.165, 1.54) is 43.8 Å². The Balaban J connectivity index is 1.09. The normalized spacial score (nSPS) is 13.7. The van der Waals surface area contributed by atoms with Crippen LogP contribution in [0.4, 0.5) is 0 Å². The van der Waals surface area contributed by atoms with Crippen molar-refractivity contribution < 1.29 is 24.4 Å². The number of aromatic hydroxyl groups is 2. The number of phenolic OH excluding ortho intramolecular Hbond substituents is 2. The van der Waals surface area contributed by atoms with Crippen molar-refractivity contribution in [2.24, 2.45) is 10.8 Å². The van der Waals surface area contributed by atoms with Gasteiger partial charge in [-0.25, -0.2) is 0 Å². The molecule has 2 N–H and O–H groups in total. The lowest BCUT2D eigenvalue weighted by molar-refractivity contribution is 0.247. The number of phenols is 2. The second-order valence-corrected chi connectivity index (χ2v) is 37.9. The highest BCUT2D eigenvalue weighted by molar-refractivity contribution is 6.79. The minimum absolute atomic E-state index is 0.0169. The van der Waals surface area contributed by atoms with Gasteiger partial charge in [0.25, 0.3) is 0 Å². The number of aromatic nitrogens is 2. The van der Waals surface area contributed by atoms with E-state index in [0.717, 1.165) is 79.7 Å². The van der Waals surface area contributed by atoms with Gasteiger partial charge in [-0.15, -0.1) is 0 Å².